The molecule has 132 valence electrons. The SMILES string of the molecule is CC(NC(=O)OC(C)(C)C)C(=O)NC1CCc2n[nH]c(=O)cc2C1. The third-order valence-electron chi connectivity index (χ3n) is 3.65. The number of aromatic amines is 1. The highest BCUT2D eigenvalue weighted by Gasteiger charge is 2.25. The average Bonchev–Trinajstić information content (AvgIpc) is 2.44. The molecule has 0 aromatic carbocycles. The molecule has 2 rings (SSSR count). The number of carbonyl (C=O) groups excluding carboxylic acids is 2. The quantitative estimate of drug-likeness (QED) is 0.750. The number of aryl methyl sites for hydroxylation is 1. The van der Waals surface area contributed by atoms with Gasteiger partial charge in [0.2, 0.25) is 5.91 Å². The number of nitrogens with zero attached hydrogens (tertiary/aromatic N) is 1. The van der Waals surface area contributed by atoms with Crippen molar-refractivity contribution in [2.75, 3.05) is 0 Å². The van der Waals surface area contributed by atoms with Gasteiger partial charge >= 0.3 is 6.09 Å². The number of amides is 2. The van der Waals surface area contributed by atoms with Crippen molar-refractivity contribution in [3.63, 3.8) is 0 Å². The van der Waals surface area contributed by atoms with E-state index in [0.29, 0.717) is 12.8 Å². The summed E-state index contributed by atoms with van der Waals surface area (Å²) in [6.45, 7) is 6.87. The van der Waals surface area contributed by atoms with Gasteiger partial charge in [0, 0.05) is 12.1 Å². The van der Waals surface area contributed by atoms with Gasteiger partial charge in [0.1, 0.15) is 11.6 Å². The highest BCUT2D eigenvalue weighted by atomic mass is 16.6. The molecule has 1 heterocycles. The molecule has 2 unspecified atom stereocenters. The van der Waals surface area contributed by atoms with Crippen LogP contribution in [0.1, 0.15) is 45.4 Å². The van der Waals surface area contributed by atoms with Gasteiger partial charge in [-0.3, -0.25) is 9.59 Å². The molecule has 2 atom stereocenters. The lowest BCUT2D eigenvalue weighted by Gasteiger charge is -2.26. The Kier molecular flexibility index (Phi) is 5.26. The summed E-state index contributed by atoms with van der Waals surface area (Å²) in [5.74, 6) is -0.285. The number of nitrogens with one attached hydrogen (secondary N) is 3. The van der Waals surface area contributed by atoms with E-state index in [2.05, 4.69) is 20.8 Å². The number of H-pyrrole nitrogens is 1. The second kappa shape index (κ2) is 7.02. The molecule has 0 fully saturated rings. The maximum Gasteiger partial charge on any atom is 0.408 e. The molecule has 1 aromatic rings. The summed E-state index contributed by atoms with van der Waals surface area (Å²) in [6.07, 6.45) is 1.34. The minimum atomic E-state index is -0.710. The smallest absolute Gasteiger partial charge is 0.408 e. The molecule has 8 heteroatoms. The van der Waals surface area contributed by atoms with Gasteiger partial charge in [-0.15, -0.1) is 0 Å². The van der Waals surface area contributed by atoms with Crippen molar-refractivity contribution in [3.05, 3.63) is 27.7 Å². The maximum absolute atomic E-state index is 12.2. The van der Waals surface area contributed by atoms with Crippen LogP contribution in [-0.2, 0) is 22.4 Å². The van der Waals surface area contributed by atoms with Crippen LogP contribution in [0.25, 0.3) is 0 Å². The fourth-order valence-corrected chi connectivity index (χ4v) is 2.54. The molecule has 0 bridgehead atoms. The van der Waals surface area contributed by atoms with Gasteiger partial charge in [0.25, 0.3) is 5.56 Å². The number of alkyl carbamates (subject to hydrolysis) is 1. The molecule has 2 amide bonds. The standard InChI is InChI=1S/C16H24N4O4/c1-9(17-15(23)24-16(2,3)4)14(22)18-11-5-6-12-10(7-11)8-13(21)20-19-12/h8-9,11H,5-7H2,1-4H3,(H,17,23)(H,18,22)(H,20,21). The lowest BCUT2D eigenvalue weighted by Crippen LogP contribution is -2.50. The van der Waals surface area contributed by atoms with E-state index in [-0.39, 0.29) is 17.5 Å². The minimum Gasteiger partial charge on any atom is -0.444 e. The van der Waals surface area contributed by atoms with E-state index >= 15 is 0 Å². The van der Waals surface area contributed by atoms with E-state index in [1.165, 1.54) is 6.07 Å². The zero-order valence-corrected chi connectivity index (χ0v) is 14.4. The first-order valence-corrected chi connectivity index (χ1v) is 8.01. The van der Waals surface area contributed by atoms with Crippen molar-refractivity contribution in [1.29, 1.82) is 0 Å². The fraction of sp³-hybridized carbons (Fsp3) is 0.625. The highest BCUT2D eigenvalue weighted by Crippen LogP contribution is 2.17. The third kappa shape index (κ3) is 5.07. The summed E-state index contributed by atoms with van der Waals surface area (Å²) >= 11 is 0. The maximum atomic E-state index is 12.2. The molecule has 8 nitrogen and oxygen atoms in total. The zero-order valence-electron chi connectivity index (χ0n) is 14.4. The van der Waals surface area contributed by atoms with Crippen molar-refractivity contribution in [2.24, 2.45) is 0 Å². The van der Waals surface area contributed by atoms with Crippen LogP contribution in [0, 0.1) is 0 Å². The van der Waals surface area contributed by atoms with E-state index < -0.39 is 17.7 Å². The molecule has 24 heavy (non-hydrogen) atoms. The molecule has 1 aliphatic rings. The second-order valence-electron chi connectivity index (χ2n) is 7.02. The second-order valence-corrected chi connectivity index (χ2v) is 7.02. The first-order chi connectivity index (χ1) is 11.1. The Hall–Kier alpha value is -2.38. The third-order valence-corrected chi connectivity index (χ3v) is 3.65. The van der Waals surface area contributed by atoms with Gasteiger partial charge in [-0.25, -0.2) is 9.89 Å². The van der Waals surface area contributed by atoms with E-state index in [1.54, 1.807) is 27.7 Å². The molecule has 0 spiro atoms. The van der Waals surface area contributed by atoms with Gasteiger partial charge in [-0.1, -0.05) is 0 Å². The first-order valence-electron chi connectivity index (χ1n) is 8.01. The van der Waals surface area contributed by atoms with Gasteiger partial charge in [0.05, 0.1) is 5.69 Å². The summed E-state index contributed by atoms with van der Waals surface area (Å²) in [7, 11) is 0. The predicted molar refractivity (Wildman–Crippen MR) is 87.6 cm³/mol. The number of hydrogen-bond donors (Lipinski definition) is 3. The van der Waals surface area contributed by atoms with Crippen molar-refractivity contribution in [3.8, 4) is 0 Å². The average molecular weight is 336 g/mol. The van der Waals surface area contributed by atoms with Crippen molar-refractivity contribution >= 4 is 12.0 Å². The lowest BCUT2D eigenvalue weighted by atomic mass is 9.92. The van der Waals surface area contributed by atoms with Crippen LogP contribution in [-0.4, -0.2) is 39.9 Å². The first kappa shape index (κ1) is 18.0. The summed E-state index contributed by atoms with van der Waals surface area (Å²) in [6, 6.07) is 0.721. The van der Waals surface area contributed by atoms with Gasteiger partial charge < -0.3 is 15.4 Å². The van der Waals surface area contributed by atoms with E-state index in [9.17, 15) is 14.4 Å². The van der Waals surface area contributed by atoms with Crippen LogP contribution in [0.3, 0.4) is 0 Å². The Balaban J connectivity index is 1.88. The summed E-state index contributed by atoms with van der Waals surface area (Å²) in [4.78, 5) is 35.3. The lowest BCUT2D eigenvalue weighted by molar-refractivity contribution is -0.123. The summed E-state index contributed by atoms with van der Waals surface area (Å²) in [5.41, 5.74) is 0.844. The van der Waals surface area contributed by atoms with Crippen molar-refractivity contribution in [2.45, 2.75) is 64.6 Å². The van der Waals surface area contributed by atoms with E-state index in [1.807, 2.05) is 0 Å². The van der Waals surface area contributed by atoms with Gasteiger partial charge in [-0.2, -0.15) is 5.10 Å². The molecule has 1 aromatic heterocycles. The number of rotatable bonds is 3. The zero-order chi connectivity index (χ0) is 17.9. The number of fused-ring (bicyclic) bond motifs is 1. The van der Waals surface area contributed by atoms with Crippen LogP contribution in [0.5, 0.6) is 0 Å². The van der Waals surface area contributed by atoms with Crippen LogP contribution in [0.2, 0.25) is 0 Å². The Bertz CT molecular complexity index is 677. The predicted octanol–water partition coefficient (Wildman–Crippen LogP) is 0.657. The Morgan fingerprint density at radius 2 is 2.12 bits per heavy atom. The summed E-state index contributed by atoms with van der Waals surface area (Å²) in [5, 5.41) is 11.8. The van der Waals surface area contributed by atoms with Crippen LogP contribution < -0.4 is 16.2 Å². The number of hydrogen-bond acceptors (Lipinski definition) is 5. The monoisotopic (exact) mass is 336 g/mol. The molecule has 0 aliphatic heterocycles. The fourth-order valence-electron chi connectivity index (χ4n) is 2.54. The van der Waals surface area contributed by atoms with Gasteiger partial charge in [0.15, 0.2) is 0 Å². The van der Waals surface area contributed by atoms with Crippen LogP contribution >= 0.6 is 0 Å². The number of ether oxygens (including phenoxy) is 1. The van der Waals surface area contributed by atoms with Crippen molar-refractivity contribution in [1.82, 2.24) is 20.8 Å². The van der Waals surface area contributed by atoms with E-state index in [4.69, 9.17) is 4.74 Å². The van der Waals surface area contributed by atoms with Crippen LogP contribution in [0.4, 0.5) is 4.79 Å². The highest BCUT2D eigenvalue weighted by molar-refractivity contribution is 5.85. The van der Waals surface area contributed by atoms with E-state index in [0.717, 1.165) is 17.7 Å². The van der Waals surface area contributed by atoms with Crippen LogP contribution in [0.15, 0.2) is 10.9 Å². The molecule has 3 N–H and O–H groups in total. The molecule has 1 aliphatic carbocycles. The Morgan fingerprint density at radius 1 is 1.42 bits per heavy atom. The molecule has 0 saturated heterocycles. The molecule has 0 radical (unpaired) electrons. The molecular weight excluding hydrogens is 312 g/mol. The normalized spacial score (nSPS) is 18.2. The van der Waals surface area contributed by atoms with Crippen molar-refractivity contribution < 1.29 is 14.3 Å². The summed E-state index contributed by atoms with van der Waals surface area (Å²) < 4.78 is 5.13. The minimum absolute atomic E-state index is 0.0866. The largest absolute Gasteiger partial charge is 0.444 e. The Morgan fingerprint density at radius 3 is 2.79 bits per heavy atom. The molecular formula is C16H24N4O4. The number of aromatic nitrogens is 2. The topological polar surface area (TPSA) is 113 Å². The number of carbonyl (C=O) groups is 2. The Labute approximate surface area is 140 Å². The molecule has 0 saturated carbocycles. The van der Waals surface area contributed by atoms with Gasteiger partial charge in [-0.05, 0) is 52.5 Å².